The van der Waals surface area contributed by atoms with E-state index in [1.165, 1.54) is 0 Å². The molecule has 0 fully saturated rings. The number of nitrogens with one attached hydrogen (secondary N) is 2. The highest BCUT2D eigenvalue weighted by molar-refractivity contribution is 7.80. The van der Waals surface area contributed by atoms with Crippen molar-refractivity contribution in [3.05, 3.63) is 28.2 Å². The molecule has 1 aromatic carbocycles. The SMILES string of the molecule is CCOC(=O)NC(=S)Nc1cc(Cl)ccc1Cl. The van der Waals surface area contributed by atoms with Crippen molar-refractivity contribution in [3.63, 3.8) is 0 Å². The predicted molar refractivity (Wildman–Crippen MR) is 72.8 cm³/mol. The van der Waals surface area contributed by atoms with Gasteiger partial charge in [0.15, 0.2) is 5.11 Å². The number of ether oxygens (including phenoxy) is 1. The number of carbonyl (C=O) groups is 1. The molecule has 0 spiro atoms. The molecule has 0 heterocycles. The number of amides is 1. The van der Waals surface area contributed by atoms with Crippen LogP contribution in [0.4, 0.5) is 10.5 Å². The van der Waals surface area contributed by atoms with Crippen LogP contribution in [0.25, 0.3) is 0 Å². The first-order chi connectivity index (χ1) is 8.02. The molecule has 0 bridgehead atoms. The van der Waals surface area contributed by atoms with Crippen LogP contribution in [-0.4, -0.2) is 17.8 Å². The molecule has 0 aromatic heterocycles. The number of hydrogen-bond donors (Lipinski definition) is 2. The number of benzene rings is 1. The molecule has 0 saturated heterocycles. The van der Waals surface area contributed by atoms with Crippen LogP contribution in [0.1, 0.15) is 6.92 Å². The van der Waals surface area contributed by atoms with E-state index in [0.29, 0.717) is 15.7 Å². The molecule has 17 heavy (non-hydrogen) atoms. The van der Waals surface area contributed by atoms with Crippen LogP contribution in [0.2, 0.25) is 10.0 Å². The number of hydrogen-bond acceptors (Lipinski definition) is 3. The second kappa shape index (κ2) is 6.64. The third-order valence-corrected chi connectivity index (χ3v) is 2.44. The molecule has 0 atom stereocenters. The minimum Gasteiger partial charge on any atom is -0.450 e. The van der Waals surface area contributed by atoms with E-state index in [-0.39, 0.29) is 11.7 Å². The number of alkyl carbamates (subject to hydrolysis) is 1. The van der Waals surface area contributed by atoms with Crippen LogP contribution in [0.3, 0.4) is 0 Å². The van der Waals surface area contributed by atoms with Crippen LogP contribution >= 0.6 is 35.4 Å². The van der Waals surface area contributed by atoms with Gasteiger partial charge >= 0.3 is 6.09 Å². The van der Waals surface area contributed by atoms with Crippen LogP contribution in [-0.2, 0) is 4.74 Å². The quantitative estimate of drug-likeness (QED) is 0.820. The van der Waals surface area contributed by atoms with E-state index < -0.39 is 6.09 Å². The maximum atomic E-state index is 11.1. The van der Waals surface area contributed by atoms with Crippen molar-refractivity contribution in [1.82, 2.24) is 5.32 Å². The molecular formula is C10H10Cl2N2O2S. The number of anilines is 1. The molecule has 92 valence electrons. The van der Waals surface area contributed by atoms with Gasteiger partial charge in [0, 0.05) is 5.02 Å². The van der Waals surface area contributed by atoms with E-state index in [0.717, 1.165) is 0 Å². The minimum atomic E-state index is -0.622. The molecule has 1 rings (SSSR count). The summed E-state index contributed by atoms with van der Waals surface area (Å²) in [7, 11) is 0. The monoisotopic (exact) mass is 292 g/mol. The highest BCUT2D eigenvalue weighted by atomic mass is 35.5. The Kier molecular flexibility index (Phi) is 5.47. The minimum absolute atomic E-state index is 0.0904. The fourth-order valence-electron chi connectivity index (χ4n) is 1.01. The Morgan fingerprint density at radius 3 is 2.82 bits per heavy atom. The summed E-state index contributed by atoms with van der Waals surface area (Å²) in [5.74, 6) is 0. The third kappa shape index (κ3) is 4.77. The summed E-state index contributed by atoms with van der Waals surface area (Å²) < 4.78 is 4.67. The molecule has 7 heteroatoms. The maximum absolute atomic E-state index is 11.1. The number of thiocarbonyl (C=S) groups is 1. The van der Waals surface area contributed by atoms with Crippen LogP contribution in [0.5, 0.6) is 0 Å². The zero-order chi connectivity index (χ0) is 12.8. The summed E-state index contributed by atoms with van der Waals surface area (Å²) in [5, 5.41) is 6.12. The van der Waals surface area contributed by atoms with Crippen molar-refractivity contribution in [3.8, 4) is 0 Å². The topological polar surface area (TPSA) is 50.4 Å². The Hall–Kier alpha value is -1.04. The van der Waals surface area contributed by atoms with Crippen LogP contribution in [0.15, 0.2) is 18.2 Å². The van der Waals surface area contributed by atoms with Gasteiger partial charge in [0.05, 0.1) is 17.3 Å². The van der Waals surface area contributed by atoms with Gasteiger partial charge < -0.3 is 10.1 Å². The molecule has 4 nitrogen and oxygen atoms in total. The Balaban J connectivity index is 2.62. The lowest BCUT2D eigenvalue weighted by molar-refractivity contribution is 0.158. The zero-order valence-electron chi connectivity index (χ0n) is 8.92. The summed E-state index contributed by atoms with van der Waals surface area (Å²) in [6.45, 7) is 1.97. The van der Waals surface area contributed by atoms with Gasteiger partial charge in [0.2, 0.25) is 0 Å². The third-order valence-electron chi connectivity index (χ3n) is 1.67. The zero-order valence-corrected chi connectivity index (χ0v) is 11.2. The van der Waals surface area contributed by atoms with Gasteiger partial charge in [0.1, 0.15) is 0 Å². The van der Waals surface area contributed by atoms with Gasteiger partial charge in [-0.25, -0.2) is 4.79 Å². The standard InChI is InChI=1S/C10H10Cl2N2O2S/c1-2-16-10(15)14-9(17)13-8-5-6(11)3-4-7(8)12/h3-5H,2H2,1H3,(H2,13,14,15,17). The fraction of sp³-hybridized carbons (Fsp3) is 0.200. The Morgan fingerprint density at radius 1 is 1.47 bits per heavy atom. The fourth-order valence-corrected chi connectivity index (χ4v) is 1.54. The smallest absolute Gasteiger partial charge is 0.413 e. The van der Waals surface area contributed by atoms with Gasteiger partial charge in [-0.3, -0.25) is 5.32 Å². The largest absolute Gasteiger partial charge is 0.450 e. The van der Waals surface area contributed by atoms with E-state index in [1.807, 2.05) is 0 Å². The number of carbonyl (C=O) groups excluding carboxylic acids is 1. The summed E-state index contributed by atoms with van der Waals surface area (Å²) >= 11 is 16.6. The average molecular weight is 293 g/mol. The molecule has 0 aliphatic carbocycles. The van der Waals surface area contributed by atoms with Crippen LogP contribution in [0, 0.1) is 0 Å². The van der Waals surface area contributed by atoms with E-state index >= 15 is 0 Å². The second-order valence-corrected chi connectivity index (χ2v) is 4.18. The van der Waals surface area contributed by atoms with Gasteiger partial charge in [-0.2, -0.15) is 0 Å². The van der Waals surface area contributed by atoms with Crippen molar-refractivity contribution >= 4 is 52.3 Å². The predicted octanol–water partition coefficient (Wildman–Crippen LogP) is 3.44. The van der Waals surface area contributed by atoms with E-state index in [9.17, 15) is 4.79 Å². The molecule has 2 N–H and O–H groups in total. The summed E-state index contributed by atoms with van der Waals surface area (Å²) in [5.41, 5.74) is 0.515. The molecule has 1 amide bonds. The normalized spacial score (nSPS) is 9.59. The lowest BCUT2D eigenvalue weighted by atomic mass is 10.3. The van der Waals surface area contributed by atoms with Crippen LogP contribution < -0.4 is 10.6 Å². The van der Waals surface area contributed by atoms with Gasteiger partial charge in [-0.15, -0.1) is 0 Å². The van der Waals surface area contributed by atoms with E-state index in [4.69, 9.17) is 35.4 Å². The van der Waals surface area contributed by atoms with E-state index in [2.05, 4.69) is 15.4 Å². The maximum Gasteiger partial charge on any atom is 0.413 e. The van der Waals surface area contributed by atoms with Crippen molar-refractivity contribution in [2.75, 3.05) is 11.9 Å². The highest BCUT2D eigenvalue weighted by Crippen LogP contribution is 2.25. The Morgan fingerprint density at radius 2 is 2.18 bits per heavy atom. The first-order valence-electron chi connectivity index (χ1n) is 4.72. The molecule has 0 saturated carbocycles. The first-order valence-corrected chi connectivity index (χ1v) is 5.89. The van der Waals surface area contributed by atoms with Crippen molar-refractivity contribution in [2.24, 2.45) is 0 Å². The van der Waals surface area contributed by atoms with Crippen molar-refractivity contribution < 1.29 is 9.53 Å². The number of halogens is 2. The first kappa shape index (κ1) is 14.0. The molecule has 0 aliphatic rings. The van der Waals surface area contributed by atoms with Gasteiger partial charge in [-0.05, 0) is 37.3 Å². The second-order valence-electron chi connectivity index (χ2n) is 2.92. The molecule has 0 aliphatic heterocycles. The number of rotatable bonds is 2. The summed E-state index contributed by atoms with van der Waals surface area (Å²) in [4.78, 5) is 11.1. The average Bonchev–Trinajstić information content (AvgIpc) is 2.23. The Labute approximate surface area is 114 Å². The van der Waals surface area contributed by atoms with Gasteiger partial charge in [-0.1, -0.05) is 23.2 Å². The van der Waals surface area contributed by atoms with Crippen molar-refractivity contribution in [2.45, 2.75) is 6.92 Å². The molecule has 1 aromatic rings. The Bertz CT molecular complexity index is 440. The van der Waals surface area contributed by atoms with E-state index in [1.54, 1.807) is 25.1 Å². The van der Waals surface area contributed by atoms with Crippen molar-refractivity contribution in [1.29, 1.82) is 0 Å². The summed E-state index contributed by atoms with van der Waals surface area (Å²) in [6, 6.07) is 4.87. The summed E-state index contributed by atoms with van der Waals surface area (Å²) in [6.07, 6.45) is -0.622. The highest BCUT2D eigenvalue weighted by Gasteiger charge is 2.07. The molecular weight excluding hydrogens is 283 g/mol. The molecule has 0 radical (unpaired) electrons. The molecule has 0 unspecified atom stereocenters. The van der Waals surface area contributed by atoms with Gasteiger partial charge in [0.25, 0.3) is 0 Å². The lowest BCUT2D eigenvalue weighted by Crippen LogP contribution is -2.34. The lowest BCUT2D eigenvalue weighted by Gasteiger charge is -2.10.